The van der Waals surface area contributed by atoms with Crippen LogP contribution in [-0.4, -0.2) is 32.1 Å². The molecule has 2 aromatic carbocycles. The number of ether oxygens (including phenoxy) is 2. The van der Waals surface area contributed by atoms with E-state index in [1.165, 1.54) is 31.4 Å². The second-order valence-corrected chi connectivity index (χ2v) is 7.18. The molecule has 7 nitrogen and oxygen atoms in total. The van der Waals surface area contributed by atoms with E-state index in [4.69, 9.17) is 13.9 Å². The number of hydrogen-bond donors (Lipinski definition) is 1. The average molecular weight is 463 g/mol. The van der Waals surface area contributed by atoms with E-state index in [-0.39, 0.29) is 24.0 Å². The standard InChI is InChI=1S/C23H20F3NO6/c1-31-16-6-7-17-14(11-21(29)33-19(17)12-16)10-18(22(30)32-2)27-20(28)9-13-4-3-5-15(8-13)23(24,25)26/h3-8,11-12,18H,9-10H2,1-2H3,(H,27,28)/t18-/m0/s1. The average Bonchev–Trinajstić information content (AvgIpc) is 2.77. The van der Waals surface area contributed by atoms with Crippen LogP contribution in [0.15, 0.2) is 57.7 Å². The van der Waals surface area contributed by atoms with Crippen LogP contribution < -0.4 is 15.7 Å². The van der Waals surface area contributed by atoms with E-state index in [0.29, 0.717) is 16.7 Å². The number of hydrogen-bond acceptors (Lipinski definition) is 6. The molecule has 1 atom stereocenters. The number of alkyl halides is 3. The number of halogens is 3. The molecular formula is C23H20F3NO6. The van der Waals surface area contributed by atoms with Crippen molar-refractivity contribution in [3.05, 3.63) is 75.6 Å². The van der Waals surface area contributed by atoms with Crippen molar-refractivity contribution in [2.75, 3.05) is 14.2 Å². The molecule has 0 aliphatic carbocycles. The van der Waals surface area contributed by atoms with Gasteiger partial charge in [0.05, 0.1) is 26.2 Å². The SMILES string of the molecule is COC(=O)[C@H](Cc1cc(=O)oc2cc(OC)ccc12)NC(=O)Cc1cccc(C(F)(F)F)c1. The van der Waals surface area contributed by atoms with Gasteiger partial charge < -0.3 is 19.2 Å². The van der Waals surface area contributed by atoms with Crippen LogP contribution in [0.1, 0.15) is 16.7 Å². The molecule has 0 saturated heterocycles. The van der Waals surface area contributed by atoms with Crippen LogP contribution in [-0.2, 0) is 33.3 Å². The second kappa shape index (κ2) is 9.76. The predicted molar refractivity (Wildman–Crippen MR) is 112 cm³/mol. The third kappa shape index (κ3) is 5.91. The molecule has 0 saturated carbocycles. The Morgan fingerprint density at radius 2 is 1.85 bits per heavy atom. The molecule has 1 amide bonds. The van der Waals surface area contributed by atoms with E-state index in [2.05, 4.69) is 5.32 Å². The van der Waals surface area contributed by atoms with Gasteiger partial charge in [-0.15, -0.1) is 0 Å². The molecule has 3 rings (SSSR count). The number of carbonyl (C=O) groups is 2. The maximum absolute atomic E-state index is 12.9. The van der Waals surface area contributed by atoms with Gasteiger partial charge >= 0.3 is 17.8 Å². The highest BCUT2D eigenvalue weighted by atomic mass is 19.4. The lowest BCUT2D eigenvalue weighted by molar-refractivity contribution is -0.145. The summed E-state index contributed by atoms with van der Waals surface area (Å²) in [5, 5.41) is 3.00. The van der Waals surface area contributed by atoms with Gasteiger partial charge in [-0.1, -0.05) is 18.2 Å². The summed E-state index contributed by atoms with van der Waals surface area (Å²) in [5.74, 6) is -0.998. The molecule has 10 heteroatoms. The molecule has 0 fully saturated rings. The fourth-order valence-corrected chi connectivity index (χ4v) is 3.35. The molecule has 0 bridgehead atoms. The summed E-state index contributed by atoms with van der Waals surface area (Å²) in [6, 6.07) is 9.17. The molecule has 0 aliphatic rings. The van der Waals surface area contributed by atoms with Crippen molar-refractivity contribution in [2.24, 2.45) is 0 Å². The van der Waals surface area contributed by atoms with Crippen molar-refractivity contribution in [2.45, 2.75) is 25.1 Å². The van der Waals surface area contributed by atoms with E-state index in [1.54, 1.807) is 12.1 Å². The molecule has 33 heavy (non-hydrogen) atoms. The maximum atomic E-state index is 12.9. The lowest BCUT2D eigenvalue weighted by atomic mass is 10.0. The number of esters is 1. The van der Waals surface area contributed by atoms with Crippen LogP contribution in [0.25, 0.3) is 11.0 Å². The summed E-state index contributed by atoms with van der Waals surface area (Å²) in [7, 11) is 2.59. The Morgan fingerprint density at radius 3 is 2.52 bits per heavy atom. The molecule has 1 N–H and O–H groups in total. The lowest BCUT2D eigenvalue weighted by Gasteiger charge is -2.18. The minimum absolute atomic E-state index is 0.102. The zero-order valence-corrected chi connectivity index (χ0v) is 17.7. The van der Waals surface area contributed by atoms with Crippen LogP contribution >= 0.6 is 0 Å². The maximum Gasteiger partial charge on any atom is 0.416 e. The molecule has 1 heterocycles. The molecular weight excluding hydrogens is 443 g/mol. The van der Waals surface area contributed by atoms with Crippen molar-refractivity contribution < 1.29 is 36.7 Å². The number of carbonyl (C=O) groups excluding carboxylic acids is 2. The summed E-state index contributed by atoms with van der Waals surface area (Å²) in [6.45, 7) is 0. The van der Waals surface area contributed by atoms with Gasteiger partial charge in [-0.25, -0.2) is 9.59 Å². The van der Waals surface area contributed by atoms with Crippen molar-refractivity contribution >= 4 is 22.8 Å². The number of nitrogens with one attached hydrogen (secondary N) is 1. The summed E-state index contributed by atoms with van der Waals surface area (Å²) in [6.07, 6.45) is -5.03. The molecule has 174 valence electrons. The summed E-state index contributed by atoms with van der Waals surface area (Å²) in [4.78, 5) is 36.8. The third-order valence-electron chi connectivity index (χ3n) is 4.90. The number of amides is 1. The highest BCUT2D eigenvalue weighted by molar-refractivity contribution is 5.87. The normalized spacial score (nSPS) is 12.3. The first-order valence-electron chi connectivity index (χ1n) is 9.75. The number of methoxy groups -OCH3 is 2. The number of rotatable bonds is 7. The highest BCUT2D eigenvalue weighted by Crippen LogP contribution is 2.29. The smallest absolute Gasteiger partial charge is 0.416 e. The molecule has 0 aliphatic heterocycles. The predicted octanol–water partition coefficient (Wildman–Crippen LogP) is 3.26. The Morgan fingerprint density at radius 1 is 1.09 bits per heavy atom. The van der Waals surface area contributed by atoms with Crippen LogP contribution in [0.4, 0.5) is 13.2 Å². The van der Waals surface area contributed by atoms with Crippen LogP contribution in [0.2, 0.25) is 0 Å². The Labute approximate surface area is 186 Å². The molecule has 1 aromatic heterocycles. The minimum Gasteiger partial charge on any atom is -0.497 e. The van der Waals surface area contributed by atoms with Gasteiger partial charge in [-0.2, -0.15) is 13.2 Å². The third-order valence-corrected chi connectivity index (χ3v) is 4.90. The number of benzene rings is 2. The van der Waals surface area contributed by atoms with Gasteiger partial charge in [0.2, 0.25) is 5.91 Å². The summed E-state index contributed by atoms with van der Waals surface area (Å²) >= 11 is 0. The fraction of sp³-hybridized carbons (Fsp3) is 0.261. The minimum atomic E-state index is -4.54. The van der Waals surface area contributed by atoms with E-state index in [1.807, 2.05) is 0 Å². The van der Waals surface area contributed by atoms with Crippen LogP contribution in [0.5, 0.6) is 5.75 Å². The van der Waals surface area contributed by atoms with E-state index in [9.17, 15) is 27.6 Å². The first kappa shape index (κ1) is 23.8. The lowest BCUT2D eigenvalue weighted by Crippen LogP contribution is -2.43. The first-order chi connectivity index (χ1) is 15.6. The molecule has 0 spiro atoms. The quantitative estimate of drug-likeness (QED) is 0.427. The van der Waals surface area contributed by atoms with Crippen molar-refractivity contribution in [3.8, 4) is 5.75 Å². The van der Waals surface area contributed by atoms with Crippen molar-refractivity contribution in [1.29, 1.82) is 0 Å². The van der Waals surface area contributed by atoms with Gasteiger partial charge in [0.15, 0.2) is 0 Å². The molecule has 3 aromatic rings. The van der Waals surface area contributed by atoms with Gasteiger partial charge in [0, 0.05) is 23.9 Å². The van der Waals surface area contributed by atoms with E-state index >= 15 is 0 Å². The Hall–Kier alpha value is -3.82. The van der Waals surface area contributed by atoms with E-state index < -0.39 is 35.3 Å². The summed E-state index contributed by atoms with van der Waals surface area (Å²) in [5.41, 5.74) is -0.766. The Kier molecular flexibility index (Phi) is 7.05. The first-order valence-corrected chi connectivity index (χ1v) is 9.75. The van der Waals surface area contributed by atoms with Crippen LogP contribution in [0, 0.1) is 0 Å². The van der Waals surface area contributed by atoms with Gasteiger partial charge in [-0.05, 0) is 29.3 Å². The molecule has 0 radical (unpaired) electrons. The second-order valence-electron chi connectivity index (χ2n) is 7.18. The van der Waals surface area contributed by atoms with Gasteiger partial charge in [0.25, 0.3) is 0 Å². The van der Waals surface area contributed by atoms with Crippen molar-refractivity contribution in [3.63, 3.8) is 0 Å². The van der Waals surface area contributed by atoms with Gasteiger partial charge in [-0.3, -0.25) is 4.79 Å². The zero-order chi connectivity index (χ0) is 24.2. The zero-order valence-electron chi connectivity index (χ0n) is 17.7. The molecule has 0 unspecified atom stereocenters. The highest BCUT2D eigenvalue weighted by Gasteiger charge is 2.30. The fourth-order valence-electron chi connectivity index (χ4n) is 3.35. The van der Waals surface area contributed by atoms with Crippen molar-refractivity contribution in [1.82, 2.24) is 5.32 Å². The van der Waals surface area contributed by atoms with E-state index in [0.717, 1.165) is 19.2 Å². The van der Waals surface area contributed by atoms with Crippen LogP contribution in [0.3, 0.4) is 0 Å². The Balaban J connectivity index is 1.83. The summed E-state index contributed by atoms with van der Waals surface area (Å²) < 4.78 is 53.8. The topological polar surface area (TPSA) is 94.8 Å². The largest absolute Gasteiger partial charge is 0.497 e. The monoisotopic (exact) mass is 463 g/mol. The Bertz CT molecular complexity index is 1230. The number of fused-ring (bicyclic) bond motifs is 1. The van der Waals surface area contributed by atoms with Gasteiger partial charge in [0.1, 0.15) is 17.4 Å².